The van der Waals surface area contributed by atoms with E-state index in [0.717, 1.165) is 38.0 Å². The van der Waals surface area contributed by atoms with Crippen molar-refractivity contribution in [2.45, 2.75) is 57.1 Å². The lowest BCUT2D eigenvalue weighted by Crippen LogP contribution is -2.49. The summed E-state index contributed by atoms with van der Waals surface area (Å²) in [5.41, 5.74) is 0. The zero-order chi connectivity index (χ0) is 15.8. The largest absolute Gasteiger partial charge is 0.376 e. The molecule has 2 fully saturated rings. The first kappa shape index (κ1) is 17.5. The van der Waals surface area contributed by atoms with Gasteiger partial charge in [-0.1, -0.05) is 19.3 Å². The fourth-order valence-corrected chi connectivity index (χ4v) is 3.73. The van der Waals surface area contributed by atoms with Crippen LogP contribution in [0.3, 0.4) is 0 Å². The van der Waals surface area contributed by atoms with Crippen molar-refractivity contribution in [2.24, 2.45) is 10.9 Å². The van der Waals surface area contributed by atoms with Crippen molar-refractivity contribution in [3.63, 3.8) is 0 Å². The Morgan fingerprint density at radius 2 is 1.91 bits per heavy atom. The van der Waals surface area contributed by atoms with Gasteiger partial charge >= 0.3 is 0 Å². The van der Waals surface area contributed by atoms with E-state index in [2.05, 4.69) is 34.6 Å². The molecule has 1 saturated carbocycles. The zero-order valence-electron chi connectivity index (χ0n) is 14.6. The van der Waals surface area contributed by atoms with E-state index < -0.39 is 0 Å². The van der Waals surface area contributed by atoms with Crippen LogP contribution in [0.15, 0.2) is 4.99 Å². The first-order valence-electron chi connectivity index (χ1n) is 8.93. The Hall–Kier alpha value is -0.810. The summed E-state index contributed by atoms with van der Waals surface area (Å²) in [7, 11) is 6.24. The van der Waals surface area contributed by atoms with Crippen molar-refractivity contribution in [1.29, 1.82) is 0 Å². The molecule has 2 rings (SSSR count). The summed E-state index contributed by atoms with van der Waals surface area (Å²) in [4.78, 5) is 6.72. The number of guanidine groups is 1. The molecule has 22 heavy (non-hydrogen) atoms. The standard InChI is InChI=1S/C17H34N4O/c1-18-17(19-12-15-10-7-11-22-15)20-13-16(21(2)3)14-8-5-4-6-9-14/h14-16H,4-13H2,1-3H3,(H2,18,19,20). The second-order valence-corrected chi connectivity index (χ2v) is 6.90. The molecule has 0 spiro atoms. The first-order chi connectivity index (χ1) is 10.7. The molecule has 2 aliphatic rings. The Kier molecular flexibility index (Phi) is 7.46. The number of nitrogens with zero attached hydrogens (tertiary/aromatic N) is 2. The highest BCUT2D eigenvalue weighted by atomic mass is 16.5. The van der Waals surface area contributed by atoms with Crippen LogP contribution in [-0.2, 0) is 4.74 Å². The quantitative estimate of drug-likeness (QED) is 0.580. The van der Waals surface area contributed by atoms with Crippen molar-refractivity contribution in [3.8, 4) is 0 Å². The van der Waals surface area contributed by atoms with Crippen LogP contribution in [0.1, 0.15) is 44.9 Å². The molecule has 0 aromatic rings. The molecular weight excluding hydrogens is 276 g/mol. The molecule has 0 aromatic heterocycles. The lowest BCUT2D eigenvalue weighted by Gasteiger charge is -2.35. The van der Waals surface area contributed by atoms with Crippen molar-refractivity contribution >= 4 is 5.96 Å². The SMILES string of the molecule is CN=C(NCC1CCCO1)NCC(C1CCCCC1)N(C)C. The monoisotopic (exact) mass is 310 g/mol. The van der Waals surface area contributed by atoms with Gasteiger partial charge in [0, 0.05) is 32.8 Å². The van der Waals surface area contributed by atoms with Gasteiger partial charge in [-0.2, -0.15) is 0 Å². The van der Waals surface area contributed by atoms with Crippen LogP contribution >= 0.6 is 0 Å². The molecular formula is C17H34N4O. The Morgan fingerprint density at radius 3 is 2.50 bits per heavy atom. The van der Waals surface area contributed by atoms with Crippen LogP contribution in [0.5, 0.6) is 0 Å². The molecule has 128 valence electrons. The highest BCUT2D eigenvalue weighted by Crippen LogP contribution is 2.28. The predicted molar refractivity (Wildman–Crippen MR) is 92.4 cm³/mol. The van der Waals surface area contributed by atoms with Gasteiger partial charge in [0.05, 0.1) is 6.10 Å². The lowest BCUT2D eigenvalue weighted by atomic mass is 9.83. The maximum Gasteiger partial charge on any atom is 0.191 e. The summed E-state index contributed by atoms with van der Waals surface area (Å²) >= 11 is 0. The van der Waals surface area contributed by atoms with Crippen molar-refractivity contribution in [3.05, 3.63) is 0 Å². The summed E-state index contributed by atoms with van der Waals surface area (Å²) in [5.74, 6) is 1.71. The molecule has 2 atom stereocenters. The Bertz CT molecular complexity index is 334. The van der Waals surface area contributed by atoms with E-state index in [1.165, 1.54) is 38.5 Å². The van der Waals surface area contributed by atoms with Gasteiger partial charge in [0.25, 0.3) is 0 Å². The average molecular weight is 310 g/mol. The second kappa shape index (κ2) is 9.36. The normalized spacial score (nSPS) is 25.5. The smallest absolute Gasteiger partial charge is 0.191 e. The van der Waals surface area contributed by atoms with Gasteiger partial charge in [0.2, 0.25) is 0 Å². The van der Waals surface area contributed by atoms with Gasteiger partial charge in [-0.3, -0.25) is 4.99 Å². The number of hydrogen-bond acceptors (Lipinski definition) is 3. The van der Waals surface area contributed by atoms with E-state index in [-0.39, 0.29) is 0 Å². The minimum absolute atomic E-state index is 0.349. The van der Waals surface area contributed by atoms with E-state index in [4.69, 9.17) is 4.74 Å². The number of aliphatic imine (C=N–C) groups is 1. The predicted octanol–water partition coefficient (Wildman–Crippen LogP) is 1.84. The summed E-state index contributed by atoms with van der Waals surface area (Å²) in [6, 6.07) is 0.585. The second-order valence-electron chi connectivity index (χ2n) is 6.90. The molecule has 1 saturated heterocycles. The molecule has 2 unspecified atom stereocenters. The molecule has 1 aliphatic carbocycles. The van der Waals surface area contributed by atoms with E-state index in [9.17, 15) is 0 Å². The molecule has 0 bridgehead atoms. The van der Waals surface area contributed by atoms with Crippen LogP contribution < -0.4 is 10.6 Å². The summed E-state index contributed by atoms with van der Waals surface area (Å²) < 4.78 is 5.65. The average Bonchev–Trinajstić information content (AvgIpc) is 3.04. The fourth-order valence-electron chi connectivity index (χ4n) is 3.73. The van der Waals surface area contributed by atoms with E-state index in [0.29, 0.717) is 12.1 Å². The Morgan fingerprint density at radius 1 is 1.14 bits per heavy atom. The van der Waals surface area contributed by atoms with Gasteiger partial charge in [0.15, 0.2) is 5.96 Å². The Balaban J connectivity index is 1.76. The van der Waals surface area contributed by atoms with Crippen LogP contribution in [0.2, 0.25) is 0 Å². The maximum atomic E-state index is 5.65. The summed E-state index contributed by atoms with van der Waals surface area (Å²) in [5, 5.41) is 6.92. The van der Waals surface area contributed by atoms with E-state index in [1.807, 2.05) is 7.05 Å². The molecule has 1 heterocycles. The molecule has 0 aromatic carbocycles. The highest BCUT2D eigenvalue weighted by molar-refractivity contribution is 5.79. The third-order valence-electron chi connectivity index (χ3n) is 5.08. The molecule has 2 N–H and O–H groups in total. The van der Waals surface area contributed by atoms with Crippen LogP contribution in [-0.4, -0.2) is 63.8 Å². The number of hydrogen-bond donors (Lipinski definition) is 2. The molecule has 0 radical (unpaired) electrons. The lowest BCUT2D eigenvalue weighted by molar-refractivity contribution is 0.113. The number of rotatable bonds is 6. The van der Waals surface area contributed by atoms with Gasteiger partial charge < -0.3 is 20.3 Å². The maximum absolute atomic E-state index is 5.65. The van der Waals surface area contributed by atoms with Crippen LogP contribution in [0, 0.1) is 5.92 Å². The van der Waals surface area contributed by atoms with Gasteiger partial charge in [-0.05, 0) is 45.7 Å². The third-order valence-corrected chi connectivity index (χ3v) is 5.08. The highest BCUT2D eigenvalue weighted by Gasteiger charge is 2.25. The van der Waals surface area contributed by atoms with Crippen molar-refractivity contribution in [1.82, 2.24) is 15.5 Å². The topological polar surface area (TPSA) is 48.9 Å². The van der Waals surface area contributed by atoms with Crippen molar-refractivity contribution in [2.75, 3.05) is 40.8 Å². The van der Waals surface area contributed by atoms with Crippen molar-refractivity contribution < 1.29 is 4.74 Å². The number of likely N-dealkylation sites (N-methyl/N-ethyl adjacent to an activating group) is 1. The molecule has 5 nitrogen and oxygen atoms in total. The molecule has 5 heteroatoms. The fraction of sp³-hybridized carbons (Fsp3) is 0.941. The van der Waals surface area contributed by atoms with Gasteiger partial charge in [-0.15, -0.1) is 0 Å². The van der Waals surface area contributed by atoms with E-state index in [1.54, 1.807) is 0 Å². The Labute approximate surface area is 135 Å². The summed E-state index contributed by atoms with van der Waals surface area (Å²) in [6.45, 7) is 2.72. The number of ether oxygens (including phenoxy) is 1. The third kappa shape index (κ3) is 5.43. The van der Waals surface area contributed by atoms with E-state index >= 15 is 0 Å². The van der Waals surface area contributed by atoms with Gasteiger partial charge in [-0.25, -0.2) is 0 Å². The van der Waals surface area contributed by atoms with Gasteiger partial charge in [0.1, 0.15) is 0 Å². The molecule has 0 amide bonds. The minimum Gasteiger partial charge on any atom is -0.376 e. The minimum atomic E-state index is 0.349. The van der Waals surface area contributed by atoms with Crippen LogP contribution in [0.25, 0.3) is 0 Å². The van der Waals surface area contributed by atoms with Crippen LogP contribution in [0.4, 0.5) is 0 Å². The zero-order valence-corrected chi connectivity index (χ0v) is 14.6. The summed E-state index contributed by atoms with van der Waals surface area (Å²) in [6.07, 6.45) is 9.62. The number of nitrogens with one attached hydrogen (secondary N) is 2. The first-order valence-corrected chi connectivity index (χ1v) is 8.93. The molecule has 1 aliphatic heterocycles.